The van der Waals surface area contributed by atoms with Crippen LogP contribution in [0, 0.1) is 0 Å². The first-order valence-electron chi connectivity index (χ1n) is 5.17. The summed E-state index contributed by atoms with van der Waals surface area (Å²) in [5.41, 5.74) is -0.853. The number of cyclic esters (lactones) is 2. The number of hydrogen-bond donors (Lipinski definition) is 1. The molecule has 0 radical (unpaired) electrons. The number of carbonyl (C=O) groups excluding carboxylic acids is 2. The average Bonchev–Trinajstić information content (AvgIpc) is 2.26. The zero-order valence-electron chi connectivity index (χ0n) is 9.36. The Bertz CT molecular complexity index is 499. The van der Waals surface area contributed by atoms with Crippen LogP contribution >= 0.6 is 0 Å². The van der Waals surface area contributed by atoms with Crippen molar-refractivity contribution >= 4 is 17.6 Å². The first kappa shape index (κ1) is 13.2. The van der Waals surface area contributed by atoms with Gasteiger partial charge in [0.1, 0.15) is 6.42 Å². The number of rotatable bonds is 2. The number of carbonyl (C=O) groups is 2. The lowest BCUT2D eigenvalue weighted by atomic mass is 10.2. The summed E-state index contributed by atoms with van der Waals surface area (Å²) in [4.78, 5) is 21.9. The second kappa shape index (κ2) is 4.79. The first-order valence-corrected chi connectivity index (χ1v) is 5.17. The van der Waals surface area contributed by atoms with E-state index < -0.39 is 36.5 Å². The maximum Gasteiger partial charge on any atom is 0.416 e. The molecule has 1 aromatic rings. The van der Waals surface area contributed by atoms with E-state index in [2.05, 4.69) is 14.8 Å². The van der Waals surface area contributed by atoms with Gasteiger partial charge in [-0.25, -0.2) is 0 Å². The summed E-state index contributed by atoms with van der Waals surface area (Å²) in [6.07, 6.45) is -6.42. The van der Waals surface area contributed by atoms with Gasteiger partial charge in [0.15, 0.2) is 0 Å². The molecule has 0 aliphatic carbocycles. The summed E-state index contributed by atoms with van der Waals surface area (Å²) in [5, 5.41) is 2.37. The van der Waals surface area contributed by atoms with Gasteiger partial charge in [0.2, 0.25) is 0 Å². The maximum absolute atomic E-state index is 12.5. The summed E-state index contributed by atoms with van der Waals surface area (Å²) >= 11 is 0. The minimum absolute atomic E-state index is 0.0160. The maximum atomic E-state index is 12.5. The van der Waals surface area contributed by atoms with Crippen molar-refractivity contribution in [2.45, 2.75) is 19.0 Å². The third-order valence-electron chi connectivity index (χ3n) is 2.24. The van der Waals surface area contributed by atoms with E-state index in [4.69, 9.17) is 0 Å². The molecule has 1 aliphatic heterocycles. The molecule has 0 bridgehead atoms. The van der Waals surface area contributed by atoms with Crippen LogP contribution in [0.2, 0.25) is 0 Å². The van der Waals surface area contributed by atoms with Gasteiger partial charge in [0.25, 0.3) is 0 Å². The van der Waals surface area contributed by atoms with Gasteiger partial charge in [-0.3, -0.25) is 9.59 Å². The number of anilines is 1. The molecule has 1 heterocycles. The highest BCUT2D eigenvalue weighted by Crippen LogP contribution is 2.30. The van der Waals surface area contributed by atoms with Crippen molar-refractivity contribution in [2.24, 2.45) is 0 Å². The molecule has 1 aromatic carbocycles. The minimum atomic E-state index is -4.49. The predicted octanol–water partition coefficient (Wildman–Crippen LogP) is 1.89. The average molecular weight is 275 g/mol. The van der Waals surface area contributed by atoms with Crippen molar-refractivity contribution in [3.63, 3.8) is 0 Å². The second-order valence-electron chi connectivity index (χ2n) is 3.71. The molecule has 0 unspecified atom stereocenters. The van der Waals surface area contributed by atoms with E-state index in [1.807, 2.05) is 0 Å². The molecule has 102 valence electrons. The zero-order valence-corrected chi connectivity index (χ0v) is 9.36. The van der Waals surface area contributed by atoms with E-state index in [0.717, 1.165) is 12.1 Å². The molecular formula is C11H8F3NO4. The van der Waals surface area contributed by atoms with Gasteiger partial charge < -0.3 is 14.8 Å². The highest BCUT2D eigenvalue weighted by atomic mass is 19.4. The molecule has 19 heavy (non-hydrogen) atoms. The molecule has 1 N–H and O–H groups in total. The van der Waals surface area contributed by atoms with E-state index >= 15 is 0 Å². The van der Waals surface area contributed by atoms with Crippen LogP contribution in [0.5, 0.6) is 0 Å². The molecule has 5 nitrogen and oxygen atoms in total. The second-order valence-corrected chi connectivity index (χ2v) is 3.71. The monoisotopic (exact) mass is 275 g/mol. The third kappa shape index (κ3) is 3.36. The van der Waals surface area contributed by atoms with Gasteiger partial charge in [0.05, 0.1) is 5.56 Å². The molecule has 8 heteroatoms. The van der Waals surface area contributed by atoms with E-state index in [9.17, 15) is 22.8 Å². The normalized spacial score (nSPS) is 16.8. The van der Waals surface area contributed by atoms with Crippen LogP contribution in [-0.4, -0.2) is 18.4 Å². The summed E-state index contributed by atoms with van der Waals surface area (Å²) in [6.45, 7) is 0. The molecule has 1 fully saturated rings. The van der Waals surface area contributed by atoms with E-state index in [-0.39, 0.29) is 5.69 Å². The lowest BCUT2D eigenvalue weighted by Gasteiger charge is -2.23. The van der Waals surface area contributed by atoms with Crippen LogP contribution in [0.15, 0.2) is 24.3 Å². The number of hydrogen-bond acceptors (Lipinski definition) is 5. The largest absolute Gasteiger partial charge is 0.416 e. The number of benzene rings is 1. The standard InChI is InChI=1S/C11H8F3NO4/c12-11(13,14)6-2-1-3-7(4-6)15-10-18-8(16)5-9(17)19-10/h1-4,10,15H,5H2. The lowest BCUT2D eigenvalue weighted by Crippen LogP contribution is -2.37. The van der Waals surface area contributed by atoms with Crippen LogP contribution in [0.4, 0.5) is 18.9 Å². The SMILES string of the molecule is O=C1CC(=O)OC(Nc2cccc(C(F)(F)F)c2)O1. The Balaban J connectivity index is 2.11. The van der Waals surface area contributed by atoms with Crippen molar-refractivity contribution in [1.29, 1.82) is 0 Å². The Morgan fingerprint density at radius 3 is 2.37 bits per heavy atom. The van der Waals surface area contributed by atoms with Crippen molar-refractivity contribution in [3.05, 3.63) is 29.8 Å². The van der Waals surface area contributed by atoms with Crippen LogP contribution in [0.25, 0.3) is 0 Å². The Kier molecular flexibility index (Phi) is 3.32. The highest BCUT2D eigenvalue weighted by Gasteiger charge is 2.31. The minimum Gasteiger partial charge on any atom is -0.406 e. The molecule has 1 aliphatic rings. The smallest absolute Gasteiger partial charge is 0.406 e. The number of alkyl halides is 3. The van der Waals surface area contributed by atoms with Gasteiger partial charge in [-0.2, -0.15) is 13.2 Å². The number of nitrogens with one attached hydrogen (secondary N) is 1. The fourth-order valence-corrected chi connectivity index (χ4v) is 1.44. The van der Waals surface area contributed by atoms with E-state index in [1.165, 1.54) is 12.1 Å². The van der Waals surface area contributed by atoms with Crippen LogP contribution in [0.3, 0.4) is 0 Å². The lowest BCUT2D eigenvalue weighted by molar-refractivity contribution is -0.197. The van der Waals surface area contributed by atoms with Gasteiger partial charge >= 0.3 is 24.5 Å². The Hall–Kier alpha value is -2.25. The Morgan fingerprint density at radius 1 is 1.16 bits per heavy atom. The van der Waals surface area contributed by atoms with Gasteiger partial charge in [-0.05, 0) is 18.2 Å². The van der Waals surface area contributed by atoms with Crippen molar-refractivity contribution in [1.82, 2.24) is 0 Å². The molecule has 0 aromatic heterocycles. The topological polar surface area (TPSA) is 64.6 Å². The molecular weight excluding hydrogens is 267 g/mol. The number of ether oxygens (including phenoxy) is 2. The molecule has 0 saturated carbocycles. The third-order valence-corrected chi connectivity index (χ3v) is 2.24. The van der Waals surface area contributed by atoms with Crippen LogP contribution in [-0.2, 0) is 25.2 Å². The van der Waals surface area contributed by atoms with Crippen molar-refractivity contribution in [2.75, 3.05) is 5.32 Å². The van der Waals surface area contributed by atoms with Crippen molar-refractivity contribution in [3.8, 4) is 0 Å². The molecule has 0 spiro atoms. The van der Waals surface area contributed by atoms with Gasteiger partial charge in [-0.15, -0.1) is 0 Å². The number of halogens is 3. The number of esters is 2. The van der Waals surface area contributed by atoms with Gasteiger partial charge in [-0.1, -0.05) is 6.07 Å². The first-order chi connectivity index (χ1) is 8.84. The Labute approximate surface area is 105 Å². The molecule has 1 saturated heterocycles. The zero-order chi connectivity index (χ0) is 14.0. The van der Waals surface area contributed by atoms with Crippen LogP contribution < -0.4 is 5.32 Å². The van der Waals surface area contributed by atoms with Gasteiger partial charge in [0, 0.05) is 5.69 Å². The summed E-state index contributed by atoms with van der Waals surface area (Å²) < 4.78 is 46.6. The van der Waals surface area contributed by atoms with E-state index in [0.29, 0.717) is 0 Å². The van der Waals surface area contributed by atoms with Crippen LogP contribution in [0.1, 0.15) is 12.0 Å². The fourth-order valence-electron chi connectivity index (χ4n) is 1.44. The summed E-state index contributed by atoms with van der Waals surface area (Å²) in [7, 11) is 0. The Morgan fingerprint density at radius 2 is 1.79 bits per heavy atom. The molecule has 0 atom stereocenters. The molecule has 0 amide bonds. The van der Waals surface area contributed by atoms with E-state index in [1.54, 1.807) is 0 Å². The molecule has 2 rings (SSSR count). The summed E-state index contributed by atoms with van der Waals surface area (Å²) in [6, 6.07) is 4.21. The van der Waals surface area contributed by atoms with Crippen molar-refractivity contribution < 1.29 is 32.2 Å². The fraction of sp³-hybridized carbons (Fsp3) is 0.273. The highest BCUT2D eigenvalue weighted by molar-refractivity contribution is 5.92. The quantitative estimate of drug-likeness (QED) is 0.659. The predicted molar refractivity (Wildman–Crippen MR) is 55.7 cm³/mol. The summed E-state index contributed by atoms with van der Waals surface area (Å²) in [5.74, 6) is -1.61.